The molecule has 0 atom stereocenters. The van der Waals surface area contributed by atoms with Gasteiger partial charge >= 0.3 is 12.0 Å². The van der Waals surface area contributed by atoms with Crippen molar-refractivity contribution in [3.63, 3.8) is 0 Å². The molecule has 8 heteroatoms. The first kappa shape index (κ1) is 16.3. The van der Waals surface area contributed by atoms with E-state index in [9.17, 15) is 13.6 Å². The monoisotopic (exact) mass is 342 g/mol. The molecule has 0 aliphatic carbocycles. The lowest BCUT2D eigenvalue weighted by atomic mass is 10.3. The van der Waals surface area contributed by atoms with Gasteiger partial charge in [0.05, 0.1) is 23.8 Å². The highest BCUT2D eigenvalue weighted by Crippen LogP contribution is 2.18. The molecule has 0 fully saturated rings. The second-order valence-corrected chi connectivity index (χ2v) is 4.87. The maximum Gasteiger partial charge on any atom is 0.323 e. The van der Waals surface area contributed by atoms with Gasteiger partial charge in [0.1, 0.15) is 17.4 Å². The minimum atomic E-state index is -0.759. The smallest absolute Gasteiger partial charge is 0.323 e. The van der Waals surface area contributed by atoms with Gasteiger partial charge in [-0.1, -0.05) is 18.2 Å². The van der Waals surface area contributed by atoms with Crippen LogP contribution in [0.1, 0.15) is 0 Å². The number of nitrogens with one attached hydrogen (secondary N) is 2. The zero-order valence-corrected chi connectivity index (χ0v) is 12.7. The summed E-state index contributed by atoms with van der Waals surface area (Å²) < 4.78 is 32.0. The summed E-state index contributed by atoms with van der Waals surface area (Å²) in [5.41, 5.74) is -0.0165. The van der Waals surface area contributed by atoms with Crippen LogP contribution in [0.4, 0.5) is 25.0 Å². The van der Waals surface area contributed by atoms with Crippen LogP contribution in [0.25, 0.3) is 0 Å². The van der Waals surface area contributed by atoms with E-state index in [2.05, 4.69) is 20.6 Å². The maximum absolute atomic E-state index is 13.5. The number of hydrogen-bond acceptors (Lipinski definition) is 4. The van der Waals surface area contributed by atoms with E-state index in [4.69, 9.17) is 4.74 Å². The molecule has 2 amide bonds. The highest BCUT2D eigenvalue weighted by molar-refractivity contribution is 5.99. The maximum atomic E-state index is 13.5. The Morgan fingerprint density at radius 1 is 0.960 bits per heavy atom. The molecule has 0 spiro atoms. The van der Waals surface area contributed by atoms with E-state index in [0.29, 0.717) is 5.75 Å². The second kappa shape index (κ2) is 7.35. The Morgan fingerprint density at radius 3 is 2.40 bits per heavy atom. The number of halogens is 2. The predicted octanol–water partition coefficient (Wildman–Crippen LogP) is 4.19. The topological polar surface area (TPSA) is 76.1 Å². The Hall–Kier alpha value is -3.55. The molecule has 3 rings (SSSR count). The summed E-state index contributed by atoms with van der Waals surface area (Å²) in [6.07, 6.45) is 2.65. The summed E-state index contributed by atoms with van der Waals surface area (Å²) in [6, 6.07) is 11.1. The van der Waals surface area contributed by atoms with Gasteiger partial charge in [0, 0.05) is 6.07 Å². The minimum Gasteiger partial charge on any atom is -0.424 e. The van der Waals surface area contributed by atoms with Gasteiger partial charge in [-0.3, -0.25) is 0 Å². The molecule has 0 aliphatic heterocycles. The Morgan fingerprint density at radius 2 is 1.68 bits per heavy atom. The van der Waals surface area contributed by atoms with Crippen molar-refractivity contribution in [3.8, 4) is 11.8 Å². The standard InChI is InChI=1S/C17H12F2N4O2/c18-11-6-7-14(19)15(8-11)23-16(24)22-12-9-20-17(21-10-12)25-13-4-2-1-3-5-13/h1-10H,(H2,22,23,24). The summed E-state index contributed by atoms with van der Waals surface area (Å²) in [7, 11) is 0. The number of anilines is 2. The van der Waals surface area contributed by atoms with Crippen LogP contribution < -0.4 is 15.4 Å². The van der Waals surface area contributed by atoms with E-state index in [-0.39, 0.29) is 17.4 Å². The lowest BCUT2D eigenvalue weighted by molar-refractivity contribution is 0.262. The number of benzene rings is 2. The predicted molar refractivity (Wildman–Crippen MR) is 87.5 cm³/mol. The Labute approximate surface area is 141 Å². The van der Waals surface area contributed by atoms with Gasteiger partial charge in [0.2, 0.25) is 0 Å². The summed E-state index contributed by atoms with van der Waals surface area (Å²) in [6.45, 7) is 0. The van der Waals surface area contributed by atoms with E-state index < -0.39 is 17.7 Å². The molecule has 3 aromatic rings. The SMILES string of the molecule is O=C(Nc1cnc(Oc2ccccc2)nc1)Nc1cc(F)ccc1F. The van der Waals surface area contributed by atoms with Crippen LogP contribution in [0, 0.1) is 11.6 Å². The van der Waals surface area contributed by atoms with Gasteiger partial charge in [0.25, 0.3) is 0 Å². The van der Waals surface area contributed by atoms with E-state index in [0.717, 1.165) is 18.2 Å². The van der Waals surface area contributed by atoms with Crippen molar-refractivity contribution in [1.29, 1.82) is 0 Å². The number of urea groups is 1. The van der Waals surface area contributed by atoms with Crippen LogP contribution in [-0.4, -0.2) is 16.0 Å². The molecule has 2 N–H and O–H groups in total. The normalized spacial score (nSPS) is 10.2. The largest absolute Gasteiger partial charge is 0.424 e. The lowest BCUT2D eigenvalue weighted by Gasteiger charge is -2.08. The number of carbonyl (C=O) groups is 1. The van der Waals surface area contributed by atoms with E-state index >= 15 is 0 Å². The first-order valence-electron chi connectivity index (χ1n) is 7.18. The Kier molecular flexibility index (Phi) is 4.79. The molecule has 0 unspecified atom stereocenters. The molecule has 1 heterocycles. The fraction of sp³-hybridized carbons (Fsp3) is 0. The minimum absolute atomic E-state index is 0.105. The van der Waals surface area contributed by atoms with Gasteiger partial charge < -0.3 is 15.4 Å². The number of ether oxygens (including phenoxy) is 1. The number of amides is 2. The summed E-state index contributed by atoms with van der Waals surface area (Å²) in [5.74, 6) is -0.843. The van der Waals surface area contributed by atoms with Crippen molar-refractivity contribution in [3.05, 3.63) is 72.6 Å². The quantitative estimate of drug-likeness (QED) is 0.745. The summed E-state index contributed by atoms with van der Waals surface area (Å²) in [4.78, 5) is 19.7. The highest BCUT2D eigenvalue weighted by atomic mass is 19.1. The average Bonchev–Trinajstić information content (AvgIpc) is 2.61. The van der Waals surface area contributed by atoms with Crippen molar-refractivity contribution in [2.24, 2.45) is 0 Å². The first-order valence-corrected chi connectivity index (χ1v) is 7.18. The molecule has 25 heavy (non-hydrogen) atoms. The molecule has 0 saturated carbocycles. The average molecular weight is 342 g/mol. The van der Waals surface area contributed by atoms with Crippen molar-refractivity contribution in [2.75, 3.05) is 10.6 Å². The van der Waals surface area contributed by atoms with Crippen molar-refractivity contribution in [2.45, 2.75) is 0 Å². The van der Waals surface area contributed by atoms with Gasteiger partial charge in [-0.15, -0.1) is 0 Å². The molecular formula is C17H12F2N4O2. The molecule has 0 aliphatic rings. The van der Waals surface area contributed by atoms with Crippen molar-refractivity contribution < 1.29 is 18.3 Å². The van der Waals surface area contributed by atoms with Crippen LogP contribution in [0.5, 0.6) is 11.8 Å². The lowest BCUT2D eigenvalue weighted by Crippen LogP contribution is -2.20. The van der Waals surface area contributed by atoms with E-state index in [1.165, 1.54) is 12.4 Å². The Bertz CT molecular complexity index is 874. The summed E-state index contributed by atoms with van der Waals surface area (Å²) in [5, 5.41) is 4.61. The van der Waals surface area contributed by atoms with Crippen molar-refractivity contribution >= 4 is 17.4 Å². The number of para-hydroxylation sites is 1. The zero-order chi connectivity index (χ0) is 17.6. The fourth-order valence-electron chi connectivity index (χ4n) is 1.91. The molecule has 1 aromatic heterocycles. The first-order chi connectivity index (χ1) is 12.1. The van der Waals surface area contributed by atoms with Crippen LogP contribution in [-0.2, 0) is 0 Å². The molecule has 0 saturated heterocycles. The number of hydrogen-bond donors (Lipinski definition) is 2. The molecular weight excluding hydrogens is 330 g/mol. The van der Waals surface area contributed by atoms with Gasteiger partial charge in [0.15, 0.2) is 0 Å². The van der Waals surface area contributed by atoms with Crippen LogP contribution >= 0.6 is 0 Å². The van der Waals surface area contributed by atoms with Crippen LogP contribution in [0.2, 0.25) is 0 Å². The number of aromatic nitrogens is 2. The second-order valence-electron chi connectivity index (χ2n) is 4.87. The third-order valence-corrected chi connectivity index (χ3v) is 3.01. The fourth-order valence-corrected chi connectivity index (χ4v) is 1.91. The third kappa shape index (κ3) is 4.47. The number of carbonyl (C=O) groups excluding carboxylic acids is 1. The Balaban J connectivity index is 1.61. The van der Waals surface area contributed by atoms with Crippen molar-refractivity contribution in [1.82, 2.24) is 9.97 Å². The van der Waals surface area contributed by atoms with E-state index in [1.807, 2.05) is 6.07 Å². The van der Waals surface area contributed by atoms with E-state index in [1.54, 1.807) is 24.3 Å². The molecule has 0 radical (unpaired) electrons. The molecule has 0 bridgehead atoms. The highest BCUT2D eigenvalue weighted by Gasteiger charge is 2.09. The van der Waals surface area contributed by atoms with Crippen LogP contribution in [0.15, 0.2) is 60.9 Å². The number of nitrogens with zero attached hydrogens (tertiary/aromatic N) is 2. The third-order valence-electron chi connectivity index (χ3n) is 3.01. The summed E-state index contributed by atoms with van der Waals surface area (Å²) >= 11 is 0. The zero-order valence-electron chi connectivity index (χ0n) is 12.7. The molecule has 2 aromatic carbocycles. The van der Waals surface area contributed by atoms with Gasteiger partial charge in [-0.05, 0) is 24.3 Å². The molecule has 126 valence electrons. The van der Waals surface area contributed by atoms with Gasteiger partial charge in [-0.25, -0.2) is 23.5 Å². The molecule has 6 nitrogen and oxygen atoms in total. The number of rotatable bonds is 4. The van der Waals surface area contributed by atoms with Gasteiger partial charge in [-0.2, -0.15) is 0 Å². The van der Waals surface area contributed by atoms with Crippen LogP contribution in [0.3, 0.4) is 0 Å².